The van der Waals surface area contributed by atoms with Gasteiger partial charge in [0.15, 0.2) is 0 Å². The fourth-order valence-corrected chi connectivity index (χ4v) is 2.46. The minimum atomic E-state index is -0.468. The fourth-order valence-electron chi connectivity index (χ4n) is 2.46. The molecule has 2 aromatic carbocycles. The van der Waals surface area contributed by atoms with Crippen LogP contribution in [-0.4, -0.2) is 18.4 Å². The number of carbonyl (C=O) groups is 2. The third kappa shape index (κ3) is 5.11. The van der Waals surface area contributed by atoms with E-state index in [0.29, 0.717) is 29.4 Å². The molecule has 0 spiro atoms. The van der Waals surface area contributed by atoms with Crippen molar-refractivity contribution in [2.45, 2.75) is 6.92 Å². The minimum Gasteiger partial charge on any atom is -0.494 e. The van der Waals surface area contributed by atoms with Gasteiger partial charge in [-0.1, -0.05) is 18.2 Å². The molecule has 3 rings (SSSR count). The predicted octanol–water partition coefficient (Wildman–Crippen LogP) is 4.09. The number of furan rings is 1. The van der Waals surface area contributed by atoms with Crippen LogP contribution >= 0.6 is 0 Å². The van der Waals surface area contributed by atoms with Gasteiger partial charge in [0.2, 0.25) is 0 Å². The average molecular weight is 376 g/mol. The molecule has 0 radical (unpaired) electrons. The summed E-state index contributed by atoms with van der Waals surface area (Å²) >= 11 is 0. The lowest BCUT2D eigenvalue weighted by atomic mass is 10.2. The van der Waals surface area contributed by atoms with Crippen LogP contribution in [0, 0.1) is 0 Å². The van der Waals surface area contributed by atoms with Crippen LogP contribution in [0.4, 0.5) is 5.69 Å². The molecule has 0 atom stereocenters. The SMILES string of the molecule is CCOc1ccc(NC(=O)/C(=C\c2ccco2)NC(=O)c2ccccc2)cc1. The number of amides is 2. The number of carbonyl (C=O) groups excluding carboxylic acids is 2. The van der Waals surface area contributed by atoms with Crippen molar-refractivity contribution in [3.63, 3.8) is 0 Å². The first-order valence-electron chi connectivity index (χ1n) is 8.81. The highest BCUT2D eigenvalue weighted by molar-refractivity contribution is 6.10. The van der Waals surface area contributed by atoms with Crippen LogP contribution in [0.5, 0.6) is 5.75 Å². The van der Waals surface area contributed by atoms with E-state index in [1.54, 1.807) is 60.7 Å². The Kier molecular flexibility index (Phi) is 6.25. The predicted molar refractivity (Wildman–Crippen MR) is 107 cm³/mol. The lowest BCUT2D eigenvalue weighted by Crippen LogP contribution is -2.30. The number of nitrogens with one attached hydrogen (secondary N) is 2. The molecule has 28 heavy (non-hydrogen) atoms. The largest absolute Gasteiger partial charge is 0.494 e. The van der Waals surface area contributed by atoms with Crippen molar-refractivity contribution in [2.24, 2.45) is 0 Å². The molecule has 2 amide bonds. The van der Waals surface area contributed by atoms with Crippen LogP contribution in [0.25, 0.3) is 6.08 Å². The Balaban J connectivity index is 1.78. The van der Waals surface area contributed by atoms with Gasteiger partial charge < -0.3 is 19.8 Å². The monoisotopic (exact) mass is 376 g/mol. The fraction of sp³-hybridized carbons (Fsp3) is 0.0909. The molecule has 0 saturated carbocycles. The number of benzene rings is 2. The molecule has 142 valence electrons. The van der Waals surface area contributed by atoms with Gasteiger partial charge in [0.1, 0.15) is 17.2 Å². The molecule has 3 aromatic rings. The molecule has 0 aliphatic heterocycles. The minimum absolute atomic E-state index is 0.0673. The Morgan fingerprint density at radius 1 is 1.00 bits per heavy atom. The molecule has 6 nitrogen and oxygen atoms in total. The molecule has 0 unspecified atom stereocenters. The average Bonchev–Trinajstić information content (AvgIpc) is 3.23. The third-order valence-corrected chi connectivity index (χ3v) is 3.78. The lowest BCUT2D eigenvalue weighted by molar-refractivity contribution is -0.113. The molecule has 0 fully saturated rings. The van der Waals surface area contributed by atoms with Gasteiger partial charge in [-0.05, 0) is 55.5 Å². The Hall–Kier alpha value is -3.80. The van der Waals surface area contributed by atoms with Crippen LogP contribution in [0.1, 0.15) is 23.0 Å². The highest BCUT2D eigenvalue weighted by Gasteiger charge is 2.15. The highest BCUT2D eigenvalue weighted by Crippen LogP contribution is 2.17. The number of ether oxygens (including phenoxy) is 1. The van der Waals surface area contributed by atoms with Gasteiger partial charge in [0, 0.05) is 17.3 Å². The molecule has 2 N–H and O–H groups in total. The summed E-state index contributed by atoms with van der Waals surface area (Å²) in [5, 5.41) is 5.41. The van der Waals surface area contributed by atoms with Crippen LogP contribution < -0.4 is 15.4 Å². The van der Waals surface area contributed by atoms with Gasteiger partial charge in [-0.2, -0.15) is 0 Å². The van der Waals surface area contributed by atoms with Crippen LogP contribution in [0.3, 0.4) is 0 Å². The van der Waals surface area contributed by atoms with Crippen molar-refractivity contribution in [3.05, 3.63) is 90.0 Å². The van der Waals surface area contributed by atoms with Crippen molar-refractivity contribution < 1.29 is 18.7 Å². The zero-order chi connectivity index (χ0) is 19.8. The molecule has 0 bridgehead atoms. The van der Waals surface area contributed by atoms with E-state index in [9.17, 15) is 9.59 Å². The first-order chi connectivity index (χ1) is 13.7. The molecule has 1 heterocycles. The molecule has 0 saturated heterocycles. The second-order valence-corrected chi connectivity index (χ2v) is 5.81. The normalized spacial score (nSPS) is 11.0. The first-order valence-corrected chi connectivity index (χ1v) is 8.81. The summed E-state index contributed by atoms with van der Waals surface area (Å²) in [4.78, 5) is 25.2. The summed E-state index contributed by atoms with van der Waals surface area (Å²) in [5.74, 6) is 0.305. The summed E-state index contributed by atoms with van der Waals surface area (Å²) in [6, 6.07) is 19.0. The van der Waals surface area contributed by atoms with Gasteiger partial charge in [0.25, 0.3) is 11.8 Å². The maximum absolute atomic E-state index is 12.7. The van der Waals surface area contributed by atoms with E-state index in [1.165, 1.54) is 12.3 Å². The first kappa shape index (κ1) is 19.0. The van der Waals surface area contributed by atoms with Crippen molar-refractivity contribution in [3.8, 4) is 5.75 Å². The van der Waals surface area contributed by atoms with Crippen LogP contribution in [0.2, 0.25) is 0 Å². The molecule has 0 aliphatic carbocycles. The van der Waals surface area contributed by atoms with Crippen molar-refractivity contribution in [1.82, 2.24) is 5.32 Å². The van der Waals surface area contributed by atoms with Crippen molar-refractivity contribution >= 4 is 23.6 Å². The molecular weight excluding hydrogens is 356 g/mol. The summed E-state index contributed by atoms with van der Waals surface area (Å²) in [6.45, 7) is 2.46. The van der Waals surface area contributed by atoms with Gasteiger partial charge >= 0.3 is 0 Å². The second-order valence-electron chi connectivity index (χ2n) is 5.81. The quantitative estimate of drug-likeness (QED) is 0.609. The van der Waals surface area contributed by atoms with E-state index in [1.807, 2.05) is 13.0 Å². The summed E-state index contributed by atoms with van der Waals surface area (Å²) < 4.78 is 10.7. The Labute approximate surface area is 162 Å². The van der Waals surface area contributed by atoms with Gasteiger partial charge in [-0.25, -0.2) is 0 Å². The van der Waals surface area contributed by atoms with E-state index in [4.69, 9.17) is 9.15 Å². The number of anilines is 1. The number of hydrogen-bond acceptors (Lipinski definition) is 4. The number of rotatable bonds is 7. The standard InChI is InChI=1S/C22H20N2O4/c1-2-27-18-12-10-17(11-13-18)23-22(26)20(15-19-9-6-14-28-19)24-21(25)16-7-4-3-5-8-16/h3-15H,2H2,1H3,(H,23,26)(H,24,25)/b20-15+. The Morgan fingerprint density at radius 3 is 2.39 bits per heavy atom. The molecule has 0 aliphatic rings. The lowest BCUT2D eigenvalue weighted by Gasteiger charge is -2.11. The highest BCUT2D eigenvalue weighted by atomic mass is 16.5. The van der Waals surface area contributed by atoms with E-state index in [-0.39, 0.29) is 11.6 Å². The van der Waals surface area contributed by atoms with E-state index in [2.05, 4.69) is 10.6 Å². The van der Waals surface area contributed by atoms with Crippen LogP contribution in [-0.2, 0) is 4.79 Å². The maximum atomic E-state index is 12.7. The molecule has 6 heteroatoms. The molecule has 1 aromatic heterocycles. The zero-order valence-corrected chi connectivity index (χ0v) is 15.3. The van der Waals surface area contributed by atoms with E-state index < -0.39 is 5.91 Å². The summed E-state index contributed by atoms with van der Waals surface area (Å²) in [7, 11) is 0. The summed E-state index contributed by atoms with van der Waals surface area (Å²) in [6.07, 6.45) is 2.97. The molecular formula is C22H20N2O4. The zero-order valence-electron chi connectivity index (χ0n) is 15.3. The third-order valence-electron chi connectivity index (χ3n) is 3.78. The van der Waals surface area contributed by atoms with E-state index >= 15 is 0 Å². The van der Waals surface area contributed by atoms with Crippen LogP contribution in [0.15, 0.2) is 83.1 Å². The van der Waals surface area contributed by atoms with Gasteiger partial charge in [-0.15, -0.1) is 0 Å². The Morgan fingerprint density at radius 2 is 1.75 bits per heavy atom. The van der Waals surface area contributed by atoms with Crippen molar-refractivity contribution in [1.29, 1.82) is 0 Å². The van der Waals surface area contributed by atoms with Gasteiger partial charge in [0.05, 0.1) is 12.9 Å². The summed E-state index contributed by atoms with van der Waals surface area (Å²) in [5.41, 5.74) is 1.09. The Bertz CT molecular complexity index is 946. The number of hydrogen-bond donors (Lipinski definition) is 2. The van der Waals surface area contributed by atoms with Crippen molar-refractivity contribution in [2.75, 3.05) is 11.9 Å². The smallest absolute Gasteiger partial charge is 0.272 e. The second kappa shape index (κ2) is 9.23. The van der Waals surface area contributed by atoms with Gasteiger partial charge in [-0.3, -0.25) is 9.59 Å². The maximum Gasteiger partial charge on any atom is 0.272 e. The topological polar surface area (TPSA) is 80.6 Å². The van der Waals surface area contributed by atoms with E-state index in [0.717, 1.165) is 0 Å².